The number of hydrogen-bond acceptors (Lipinski definition) is 1. The van der Waals surface area contributed by atoms with Gasteiger partial charge >= 0.3 is 0 Å². The molecular formula is C12H7Br3S. The van der Waals surface area contributed by atoms with Crippen LogP contribution in [0.4, 0.5) is 0 Å². The van der Waals surface area contributed by atoms with Crippen molar-refractivity contribution in [1.82, 2.24) is 0 Å². The van der Waals surface area contributed by atoms with E-state index in [1.54, 1.807) is 0 Å². The lowest BCUT2D eigenvalue weighted by molar-refractivity contribution is 1.45. The predicted molar refractivity (Wildman–Crippen MR) is 82.2 cm³/mol. The Hall–Kier alpha value is 0.230. The Balaban J connectivity index is 2.52. The molecular weight excluding hydrogens is 416 g/mol. The lowest BCUT2D eigenvalue weighted by Gasteiger charge is -2.06. The number of halogens is 3. The van der Waals surface area contributed by atoms with Crippen LogP contribution in [0.1, 0.15) is 0 Å². The van der Waals surface area contributed by atoms with Crippen LogP contribution in [0.2, 0.25) is 0 Å². The van der Waals surface area contributed by atoms with Crippen molar-refractivity contribution in [3.05, 3.63) is 49.8 Å². The van der Waals surface area contributed by atoms with Crippen LogP contribution in [-0.4, -0.2) is 0 Å². The monoisotopic (exact) mass is 420 g/mol. The average Bonchev–Trinajstić information content (AvgIpc) is 2.26. The molecule has 0 N–H and O–H groups in total. The SMILES string of the molecule is Sc1ccc(-c2cc(Br)c(Br)c(Br)c2)cc1. The summed E-state index contributed by atoms with van der Waals surface area (Å²) in [4.78, 5) is 0.971. The van der Waals surface area contributed by atoms with Gasteiger partial charge in [-0.2, -0.15) is 0 Å². The summed E-state index contributed by atoms with van der Waals surface area (Å²) >= 11 is 14.8. The fraction of sp³-hybridized carbons (Fsp3) is 0. The first kappa shape index (κ1) is 12.7. The molecule has 0 aromatic heterocycles. The van der Waals surface area contributed by atoms with E-state index in [-0.39, 0.29) is 0 Å². The quantitative estimate of drug-likeness (QED) is 0.427. The number of hydrogen-bond donors (Lipinski definition) is 1. The minimum absolute atomic E-state index is 0.971. The molecule has 0 atom stereocenters. The fourth-order valence-electron chi connectivity index (χ4n) is 1.38. The van der Waals surface area contributed by atoms with Crippen LogP contribution in [0.3, 0.4) is 0 Å². The largest absolute Gasteiger partial charge is 0.143 e. The van der Waals surface area contributed by atoms with Gasteiger partial charge in [-0.05, 0) is 83.2 Å². The first-order valence-electron chi connectivity index (χ1n) is 4.52. The number of thiol groups is 1. The third-order valence-corrected chi connectivity index (χ3v) is 5.65. The molecule has 0 saturated heterocycles. The van der Waals surface area contributed by atoms with Gasteiger partial charge < -0.3 is 0 Å². The molecule has 0 aliphatic heterocycles. The molecule has 16 heavy (non-hydrogen) atoms. The van der Waals surface area contributed by atoms with Crippen molar-refractivity contribution in [2.75, 3.05) is 0 Å². The molecule has 2 rings (SSSR count). The number of rotatable bonds is 1. The van der Waals surface area contributed by atoms with Crippen molar-refractivity contribution in [2.45, 2.75) is 4.90 Å². The maximum Gasteiger partial charge on any atom is 0.0459 e. The van der Waals surface area contributed by atoms with E-state index in [0.29, 0.717) is 0 Å². The molecule has 0 radical (unpaired) electrons. The van der Waals surface area contributed by atoms with E-state index in [0.717, 1.165) is 23.9 Å². The van der Waals surface area contributed by atoms with Crippen molar-refractivity contribution >= 4 is 60.4 Å². The normalized spacial score (nSPS) is 10.5. The summed E-state index contributed by atoms with van der Waals surface area (Å²) in [6.07, 6.45) is 0. The fourth-order valence-corrected chi connectivity index (χ4v) is 2.94. The summed E-state index contributed by atoms with van der Waals surface area (Å²) in [6.45, 7) is 0. The van der Waals surface area contributed by atoms with E-state index in [9.17, 15) is 0 Å². The van der Waals surface area contributed by atoms with E-state index in [1.165, 1.54) is 5.56 Å². The summed E-state index contributed by atoms with van der Waals surface area (Å²) in [5.41, 5.74) is 2.34. The Morgan fingerprint density at radius 3 is 1.75 bits per heavy atom. The summed E-state index contributed by atoms with van der Waals surface area (Å²) in [5.74, 6) is 0. The molecule has 0 fully saturated rings. The molecule has 0 amide bonds. The van der Waals surface area contributed by atoms with Gasteiger partial charge in [-0.25, -0.2) is 0 Å². The summed E-state index contributed by atoms with van der Waals surface area (Å²) in [7, 11) is 0. The molecule has 0 nitrogen and oxygen atoms in total. The molecule has 0 unspecified atom stereocenters. The molecule has 0 aliphatic rings. The molecule has 0 heterocycles. The first-order valence-corrected chi connectivity index (χ1v) is 7.34. The van der Waals surface area contributed by atoms with Crippen molar-refractivity contribution < 1.29 is 0 Å². The maximum absolute atomic E-state index is 4.28. The Morgan fingerprint density at radius 2 is 1.25 bits per heavy atom. The van der Waals surface area contributed by atoms with Gasteiger partial charge in [0.2, 0.25) is 0 Å². The molecule has 0 saturated carbocycles. The van der Waals surface area contributed by atoms with Gasteiger partial charge in [0.1, 0.15) is 0 Å². The van der Waals surface area contributed by atoms with Crippen LogP contribution in [0, 0.1) is 0 Å². The zero-order chi connectivity index (χ0) is 11.7. The molecule has 82 valence electrons. The van der Waals surface area contributed by atoms with Crippen LogP contribution in [-0.2, 0) is 0 Å². The van der Waals surface area contributed by atoms with Crippen LogP contribution in [0.15, 0.2) is 54.7 Å². The van der Waals surface area contributed by atoms with Gasteiger partial charge in [0.25, 0.3) is 0 Å². The molecule has 4 heteroatoms. The van der Waals surface area contributed by atoms with Crippen LogP contribution < -0.4 is 0 Å². The standard InChI is InChI=1S/C12H7Br3S/c13-10-5-8(6-11(14)12(10)15)7-1-3-9(16)4-2-7/h1-6,16H. The zero-order valence-electron chi connectivity index (χ0n) is 8.05. The highest BCUT2D eigenvalue weighted by Crippen LogP contribution is 2.35. The second kappa shape index (κ2) is 5.25. The topological polar surface area (TPSA) is 0 Å². The molecule has 2 aromatic carbocycles. The molecule has 0 spiro atoms. The van der Waals surface area contributed by atoms with Crippen molar-refractivity contribution in [1.29, 1.82) is 0 Å². The molecule has 0 aliphatic carbocycles. The predicted octanol–water partition coefficient (Wildman–Crippen LogP) is 5.93. The van der Waals surface area contributed by atoms with Gasteiger partial charge in [-0.15, -0.1) is 12.6 Å². The van der Waals surface area contributed by atoms with Gasteiger partial charge in [-0.1, -0.05) is 12.1 Å². The van der Waals surface area contributed by atoms with Crippen LogP contribution >= 0.6 is 60.4 Å². The Bertz CT molecular complexity index is 497. The zero-order valence-corrected chi connectivity index (χ0v) is 13.7. The maximum atomic E-state index is 4.28. The van der Waals surface area contributed by atoms with E-state index in [1.807, 2.05) is 12.1 Å². The highest BCUT2D eigenvalue weighted by Gasteiger charge is 2.06. The summed E-state index contributed by atoms with van der Waals surface area (Å²) in [6, 6.07) is 12.3. The van der Waals surface area contributed by atoms with Crippen molar-refractivity contribution in [2.24, 2.45) is 0 Å². The highest BCUT2D eigenvalue weighted by molar-refractivity contribution is 9.14. The second-order valence-electron chi connectivity index (χ2n) is 3.30. The minimum atomic E-state index is 0.971. The van der Waals surface area contributed by atoms with E-state index in [4.69, 9.17) is 0 Å². The van der Waals surface area contributed by atoms with Gasteiger partial charge in [0.15, 0.2) is 0 Å². The summed E-state index contributed by atoms with van der Waals surface area (Å²) in [5, 5.41) is 0. The Morgan fingerprint density at radius 1 is 0.750 bits per heavy atom. The number of benzene rings is 2. The minimum Gasteiger partial charge on any atom is -0.143 e. The average molecular weight is 423 g/mol. The lowest BCUT2D eigenvalue weighted by Crippen LogP contribution is -1.80. The van der Waals surface area contributed by atoms with E-state index >= 15 is 0 Å². The Labute approximate surface area is 125 Å². The molecule has 2 aromatic rings. The van der Waals surface area contributed by atoms with Gasteiger partial charge in [0, 0.05) is 18.3 Å². The van der Waals surface area contributed by atoms with Crippen molar-refractivity contribution in [3.63, 3.8) is 0 Å². The van der Waals surface area contributed by atoms with Gasteiger partial charge in [-0.3, -0.25) is 0 Å². The van der Waals surface area contributed by atoms with E-state index < -0.39 is 0 Å². The van der Waals surface area contributed by atoms with Crippen LogP contribution in [0.5, 0.6) is 0 Å². The third-order valence-electron chi connectivity index (χ3n) is 2.18. The van der Waals surface area contributed by atoms with Gasteiger partial charge in [0.05, 0.1) is 0 Å². The Kier molecular flexibility index (Phi) is 4.16. The third kappa shape index (κ3) is 2.73. The smallest absolute Gasteiger partial charge is 0.0459 e. The van der Waals surface area contributed by atoms with E-state index in [2.05, 4.69) is 84.7 Å². The summed E-state index contributed by atoms with van der Waals surface area (Å²) < 4.78 is 3.10. The second-order valence-corrected chi connectivity index (χ2v) is 6.32. The first-order chi connectivity index (χ1) is 7.58. The molecule has 0 bridgehead atoms. The lowest BCUT2D eigenvalue weighted by atomic mass is 10.1. The highest BCUT2D eigenvalue weighted by atomic mass is 79.9. The van der Waals surface area contributed by atoms with Crippen molar-refractivity contribution in [3.8, 4) is 11.1 Å². The van der Waals surface area contributed by atoms with Crippen LogP contribution in [0.25, 0.3) is 11.1 Å².